The third kappa shape index (κ3) is 6.00. The lowest BCUT2D eigenvalue weighted by Gasteiger charge is -2.13. The molecule has 6 rings (SSSR count). The third-order valence-electron chi connectivity index (χ3n) is 7.21. The Morgan fingerprint density at radius 2 is 1.45 bits per heavy atom. The SMILES string of the molecule is Cc1ccc(-c2nn(-c3ccc(C)c(Cl)c3)c3nc(-c4ccc(OCc5ccc(Cl)c(Cl)c5)cc4)cc(C(F)(F)F)c23)cc1. The van der Waals surface area contributed by atoms with Crippen molar-refractivity contribution in [1.29, 1.82) is 0 Å². The number of hydrogen-bond acceptors (Lipinski definition) is 3. The van der Waals surface area contributed by atoms with Crippen LogP contribution in [0.3, 0.4) is 0 Å². The highest BCUT2D eigenvalue weighted by Crippen LogP contribution is 2.42. The Morgan fingerprint density at radius 1 is 0.750 bits per heavy atom. The molecule has 0 aliphatic rings. The van der Waals surface area contributed by atoms with Crippen LogP contribution in [0.15, 0.2) is 91.0 Å². The Hall–Kier alpha value is -4.04. The molecule has 0 bridgehead atoms. The second kappa shape index (κ2) is 11.8. The van der Waals surface area contributed by atoms with E-state index in [-0.39, 0.29) is 29.0 Å². The molecule has 0 radical (unpaired) electrons. The van der Waals surface area contributed by atoms with E-state index in [1.165, 1.54) is 4.68 Å². The van der Waals surface area contributed by atoms with Crippen LogP contribution in [0.25, 0.3) is 39.2 Å². The number of pyridine rings is 1. The minimum atomic E-state index is -4.68. The summed E-state index contributed by atoms with van der Waals surface area (Å²) >= 11 is 18.5. The van der Waals surface area contributed by atoms with Gasteiger partial charge in [-0.05, 0) is 79.6 Å². The van der Waals surface area contributed by atoms with Crippen molar-refractivity contribution in [3.8, 4) is 34.0 Å². The lowest BCUT2D eigenvalue weighted by atomic mass is 10.0. The predicted molar refractivity (Wildman–Crippen MR) is 170 cm³/mol. The molecule has 0 amide bonds. The molecule has 4 nitrogen and oxygen atoms in total. The molecule has 2 heterocycles. The number of benzene rings is 4. The molecule has 44 heavy (non-hydrogen) atoms. The largest absolute Gasteiger partial charge is 0.489 e. The maximum absolute atomic E-state index is 14.8. The minimum absolute atomic E-state index is 0.0604. The number of halogens is 6. The second-order valence-electron chi connectivity index (χ2n) is 10.4. The van der Waals surface area contributed by atoms with Gasteiger partial charge in [0.15, 0.2) is 5.65 Å². The molecule has 0 saturated carbocycles. The molecular weight excluding hydrogens is 630 g/mol. The normalized spacial score (nSPS) is 11.7. The molecule has 4 aromatic carbocycles. The highest BCUT2D eigenvalue weighted by molar-refractivity contribution is 6.42. The van der Waals surface area contributed by atoms with Crippen molar-refractivity contribution in [1.82, 2.24) is 14.8 Å². The first-order valence-corrected chi connectivity index (χ1v) is 14.6. The van der Waals surface area contributed by atoms with Crippen LogP contribution in [0.2, 0.25) is 15.1 Å². The molecule has 0 saturated heterocycles. The van der Waals surface area contributed by atoms with Crippen LogP contribution < -0.4 is 4.74 Å². The van der Waals surface area contributed by atoms with Crippen molar-refractivity contribution in [2.75, 3.05) is 0 Å². The molecular formula is C34H23Cl3F3N3O. The fraction of sp³-hybridized carbons (Fsp3) is 0.118. The van der Waals surface area contributed by atoms with Crippen molar-refractivity contribution in [2.24, 2.45) is 0 Å². The maximum Gasteiger partial charge on any atom is 0.417 e. The van der Waals surface area contributed by atoms with E-state index in [9.17, 15) is 13.2 Å². The van der Waals surface area contributed by atoms with Gasteiger partial charge in [-0.2, -0.15) is 18.3 Å². The number of aryl methyl sites for hydroxylation is 2. The van der Waals surface area contributed by atoms with Gasteiger partial charge in [0.2, 0.25) is 0 Å². The van der Waals surface area contributed by atoms with Gasteiger partial charge in [-0.3, -0.25) is 0 Å². The summed E-state index contributed by atoms with van der Waals surface area (Å²) in [5, 5.41) is 5.91. The number of aromatic nitrogens is 3. The zero-order chi connectivity index (χ0) is 31.2. The molecule has 10 heteroatoms. The summed E-state index contributed by atoms with van der Waals surface area (Å²) in [6.07, 6.45) is -4.68. The zero-order valence-electron chi connectivity index (χ0n) is 23.4. The van der Waals surface area contributed by atoms with Crippen molar-refractivity contribution in [2.45, 2.75) is 26.6 Å². The zero-order valence-corrected chi connectivity index (χ0v) is 25.7. The van der Waals surface area contributed by atoms with Crippen LogP contribution in [0.5, 0.6) is 5.75 Å². The summed E-state index contributed by atoms with van der Waals surface area (Å²) in [6, 6.07) is 25.4. The van der Waals surface area contributed by atoms with Gasteiger partial charge in [0.1, 0.15) is 18.1 Å². The number of alkyl halides is 3. The van der Waals surface area contributed by atoms with Gasteiger partial charge in [0.05, 0.1) is 32.4 Å². The van der Waals surface area contributed by atoms with E-state index < -0.39 is 11.7 Å². The molecule has 222 valence electrons. The van der Waals surface area contributed by atoms with Gasteiger partial charge in [0, 0.05) is 16.1 Å². The van der Waals surface area contributed by atoms with E-state index in [1.807, 2.05) is 26.0 Å². The standard InChI is InChI=1S/C34H23Cl3F3N3O/c1-19-3-7-23(8-4-19)32-31-26(34(38,39)40)17-30(41-33(31)43(42-32)24-11-5-20(2)28(36)16-24)22-9-12-25(13-10-22)44-18-21-6-14-27(35)29(37)15-21/h3-17H,18H2,1-2H3. The van der Waals surface area contributed by atoms with Gasteiger partial charge in [0.25, 0.3) is 0 Å². The summed E-state index contributed by atoms with van der Waals surface area (Å²) in [4.78, 5) is 4.74. The minimum Gasteiger partial charge on any atom is -0.489 e. The number of nitrogens with zero attached hydrogens (tertiary/aromatic N) is 3. The van der Waals surface area contributed by atoms with E-state index >= 15 is 0 Å². The summed E-state index contributed by atoms with van der Waals surface area (Å²) in [6.45, 7) is 3.99. The van der Waals surface area contributed by atoms with Gasteiger partial charge in [-0.15, -0.1) is 0 Å². The van der Waals surface area contributed by atoms with E-state index in [0.717, 1.165) is 22.8 Å². The van der Waals surface area contributed by atoms with E-state index in [1.54, 1.807) is 72.8 Å². The average molecular weight is 653 g/mol. The van der Waals surface area contributed by atoms with Crippen LogP contribution in [0.1, 0.15) is 22.3 Å². The predicted octanol–water partition coefficient (Wildman–Crippen LogP) is 10.9. The molecule has 0 unspecified atom stereocenters. The Labute approximate surface area is 266 Å². The fourth-order valence-electron chi connectivity index (χ4n) is 4.81. The monoisotopic (exact) mass is 651 g/mol. The molecule has 0 fully saturated rings. The maximum atomic E-state index is 14.8. The van der Waals surface area contributed by atoms with Crippen molar-refractivity contribution in [3.05, 3.63) is 128 Å². The molecule has 0 atom stereocenters. The quantitative estimate of drug-likeness (QED) is 0.180. The number of fused-ring (bicyclic) bond motifs is 1. The van der Waals surface area contributed by atoms with Gasteiger partial charge in [-0.1, -0.05) is 76.8 Å². The first-order valence-electron chi connectivity index (χ1n) is 13.5. The third-order valence-corrected chi connectivity index (χ3v) is 8.35. The van der Waals surface area contributed by atoms with E-state index in [2.05, 4.69) is 5.10 Å². The average Bonchev–Trinajstić information content (AvgIpc) is 3.38. The van der Waals surface area contributed by atoms with Crippen molar-refractivity contribution in [3.63, 3.8) is 0 Å². The molecule has 0 aliphatic carbocycles. The van der Waals surface area contributed by atoms with Gasteiger partial charge < -0.3 is 4.74 Å². The summed E-state index contributed by atoms with van der Waals surface area (Å²) < 4.78 is 51.5. The summed E-state index contributed by atoms with van der Waals surface area (Å²) in [5.41, 5.74) is 3.67. The lowest BCUT2D eigenvalue weighted by Crippen LogP contribution is -2.08. The topological polar surface area (TPSA) is 39.9 Å². The Morgan fingerprint density at radius 3 is 2.11 bits per heavy atom. The number of rotatable bonds is 6. The molecule has 6 aromatic rings. The van der Waals surface area contributed by atoms with E-state index in [4.69, 9.17) is 44.5 Å². The van der Waals surface area contributed by atoms with Crippen LogP contribution in [-0.4, -0.2) is 14.8 Å². The summed E-state index contributed by atoms with van der Waals surface area (Å²) in [7, 11) is 0. The first kappa shape index (κ1) is 30.0. The Kier molecular flexibility index (Phi) is 8.05. The van der Waals surface area contributed by atoms with Crippen LogP contribution in [0, 0.1) is 13.8 Å². The van der Waals surface area contributed by atoms with Crippen LogP contribution >= 0.6 is 34.8 Å². The molecule has 0 spiro atoms. The van der Waals surface area contributed by atoms with Crippen molar-refractivity contribution >= 4 is 45.8 Å². The highest BCUT2D eigenvalue weighted by atomic mass is 35.5. The number of ether oxygens (including phenoxy) is 1. The molecule has 0 N–H and O–H groups in total. The first-order chi connectivity index (χ1) is 21.0. The highest BCUT2D eigenvalue weighted by Gasteiger charge is 2.36. The lowest BCUT2D eigenvalue weighted by molar-refractivity contribution is -0.136. The second-order valence-corrected chi connectivity index (χ2v) is 11.6. The smallest absolute Gasteiger partial charge is 0.417 e. The Balaban J connectivity index is 1.47. The van der Waals surface area contributed by atoms with E-state index in [0.29, 0.717) is 37.6 Å². The molecule has 2 aromatic heterocycles. The Bertz CT molecular complexity index is 2000. The summed E-state index contributed by atoms with van der Waals surface area (Å²) in [5.74, 6) is 0.526. The van der Waals surface area contributed by atoms with Crippen LogP contribution in [0.4, 0.5) is 13.2 Å². The number of hydrogen-bond donors (Lipinski definition) is 0. The van der Waals surface area contributed by atoms with Crippen molar-refractivity contribution < 1.29 is 17.9 Å². The van der Waals surface area contributed by atoms with Gasteiger partial charge >= 0.3 is 6.18 Å². The fourth-order valence-corrected chi connectivity index (χ4v) is 5.31. The molecule has 0 aliphatic heterocycles. The van der Waals surface area contributed by atoms with Crippen LogP contribution in [-0.2, 0) is 12.8 Å². The van der Waals surface area contributed by atoms with Gasteiger partial charge in [-0.25, -0.2) is 9.67 Å².